The largest absolute Gasteiger partial charge is 0.481 e. The highest BCUT2D eigenvalue weighted by Crippen LogP contribution is 2.19. The molecule has 0 amide bonds. The van der Waals surface area contributed by atoms with Gasteiger partial charge in [0.15, 0.2) is 0 Å². The number of rotatable bonds is 6. The number of halogens is 2. The number of carboxylic acids is 1. The molecule has 0 aliphatic carbocycles. The van der Waals surface area contributed by atoms with Crippen molar-refractivity contribution in [3.05, 3.63) is 40.4 Å². The molecule has 0 atom stereocenters. The molecule has 7 heteroatoms. The summed E-state index contributed by atoms with van der Waals surface area (Å²) in [6.45, 7) is 0. The van der Waals surface area contributed by atoms with Crippen molar-refractivity contribution in [1.82, 2.24) is 15.0 Å². The Morgan fingerprint density at radius 3 is 2.90 bits per heavy atom. The minimum Gasteiger partial charge on any atom is -0.481 e. The third-order valence-corrected chi connectivity index (χ3v) is 3.39. The summed E-state index contributed by atoms with van der Waals surface area (Å²) in [5, 5.41) is 16.5. The predicted molar refractivity (Wildman–Crippen MR) is 74.2 cm³/mol. The normalized spacial score (nSPS) is 10.7. The van der Waals surface area contributed by atoms with Crippen LogP contribution in [-0.2, 0) is 11.2 Å². The molecule has 0 unspecified atom stereocenters. The van der Waals surface area contributed by atoms with Gasteiger partial charge >= 0.3 is 5.97 Å². The lowest BCUT2D eigenvalue weighted by Gasteiger charge is -2.01. The van der Waals surface area contributed by atoms with Crippen LogP contribution in [0.3, 0.4) is 0 Å². The molecule has 2 rings (SSSR count). The van der Waals surface area contributed by atoms with Crippen LogP contribution in [0.25, 0.3) is 5.69 Å². The lowest BCUT2D eigenvalue weighted by atomic mass is 10.1. The zero-order valence-electron chi connectivity index (χ0n) is 10.6. The van der Waals surface area contributed by atoms with Gasteiger partial charge < -0.3 is 5.11 Å². The monoisotopic (exact) mass is 341 g/mol. The Labute approximate surface area is 123 Å². The van der Waals surface area contributed by atoms with Gasteiger partial charge in [-0.2, -0.15) is 0 Å². The summed E-state index contributed by atoms with van der Waals surface area (Å²) in [4.78, 5) is 10.4. The fraction of sp³-hybridized carbons (Fsp3) is 0.308. The van der Waals surface area contributed by atoms with Gasteiger partial charge in [0, 0.05) is 6.42 Å². The van der Waals surface area contributed by atoms with Crippen molar-refractivity contribution < 1.29 is 14.3 Å². The second-order valence-electron chi connectivity index (χ2n) is 4.35. The Bertz CT molecular complexity index is 615. The zero-order valence-corrected chi connectivity index (χ0v) is 12.2. The summed E-state index contributed by atoms with van der Waals surface area (Å²) < 4.78 is 15.1. The van der Waals surface area contributed by atoms with Gasteiger partial charge in [-0.1, -0.05) is 5.21 Å². The van der Waals surface area contributed by atoms with Gasteiger partial charge in [0.25, 0.3) is 0 Å². The first-order valence-corrected chi connectivity index (χ1v) is 6.94. The molecule has 1 aromatic heterocycles. The molecule has 5 nitrogen and oxygen atoms in total. The summed E-state index contributed by atoms with van der Waals surface area (Å²) in [5.74, 6) is -1.12. The second kappa shape index (κ2) is 6.60. The van der Waals surface area contributed by atoms with Crippen molar-refractivity contribution in [3.8, 4) is 5.69 Å². The SMILES string of the molecule is O=C(O)CCCCc1cn(-c2ccc(F)c(Br)c2)nn1. The number of carbonyl (C=O) groups is 1. The molecule has 0 spiro atoms. The zero-order chi connectivity index (χ0) is 14.5. The van der Waals surface area contributed by atoms with Gasteiger partial charge in [0.05, 0.1) is 22.1 Å². The third-order valence-electron chi connectivity index (χ3n) is 2.78. The highest BCUT2D eigenvalue weighted by molar-refractivity contribution is 9.10. The Hall–Kier alpha value is -1.76. The number of carboxylic acid groups (broad SMARTS) is 1. The number of hydrogen-bond donors (Lipinski definition) is 1. The molecule has 0 fully saturated rings. The van der Waals surface area contributed by atoms with E-state index in [4.69, 9.17) is 5.11 Å². The number of benzene rings is 1. The van der Waals surface area contributed by atoms with Crippen LogP contribution in [0.4, 0.5) is 4.39 Å². The standard InChI is InChI=1S/C13H13BrFN3O2/c14-11-7-10(5-6-12(11)15)18-8-9(16-17-18)3-1-2-4-13(19)20/h5-8H,1-4H2,(H,19,20). The minimum absolute atomic E-state index is 0.166. The number of nitrogens with zero attached hydrogens (tertiary/aromatic N) is 3. The maximum Gasteiger partial charge on any atom is 0.303 e. The summed E-state index contributed by atoms with van der Waals surface area (Å²) in [5.41, 5.74) is 1.50. The second-order valence-corrected chi connectivity index (χ2v) is 5.21. The molecule has 0 aliphatic heterocycles. The summed E-state index contributed by atoms with van der Waals surface area (Å²) in [6.07, 6.45) is 3.97. The van der Waals surface area contributed by atoms with E-state index in [-0.39, 0.29) is 12.2 Å². The van der Waals surface area contributed by atoms with Gasteiger partial charge in [0.1, 0.15) is 5.82 Å². The van der Waals surface area contributed by atoms with E-state index in [1.807, 2.05) is 0 Å². The number of aromatic nitrogens is 3. The van der Waals surface area contributed by atoms with E-state index >= 15 is 0 Å². The molecule has 0 saturated carbocycles. The van der Waals surface area contributed by atoms with Crippen molar-refractivity contribution in [1.29, 1.82) is 0 Å². The molecule has 0 saturated heterocycles. The molecule has 20 heavy (non-hydrogen) atoms. The first kappa shape index (κ1) is 14.6. The van der Waals surface area contributed by atoms with E-state index in [2.05, 4.69) is 26.2 Å². The van der Waals surface area contributed by atoms with Gasteiger partial charge in [0.2, 0.25) is 0 Å². The van der Waals surface area contributed by atoms with E-state index in [0.29, 0.717) is 23.0 Å². The molecule has 1 heterocycles. The van der Waals surface area contributed by atoms with Crippen molar-refractivity contribution in [2.45, 2.75) is 25.7 Å². The third kappa shape index (κ3) is 3.86. The topological polar surface area (TPSA) is 68.0 Å². The van der Waals surface area contributed by atoms with Crippen LogP contribution >= 0.6 is 15.9 Å². The fourth-order valence-corrected chi connectivity index (χ4v) is 2.12. The van der Waals surface area contributed by atoms with E-state index < -0.39 is 5.97 Å². The Morgan fingerprint density at radius 2 is 2.20 bits per heavy atom. The summed E-state index contributed by atoms with van der Waals surface area (Å²) >= 11 is 3.12. The molecule has 0 aliphatic rings. The van der Waals surface area contributed by atoms with Gasteiger partial charge in [-0.05, 0) is 53.4 Å². The quantitative estimate of drug-likeness (QED) is 0.820. The van der Waals surface area contributed by atoms with Gasteiger partial charge in [-0.25, -0.2) is 9.07 Å². The molecular weight excluding hydrogens is 329 g/mol. The molecule has 0 bridgehead atoms. The molecule has 106 valence electrons. The predicted octanol–water partition coefficient (Wildman–Crippen LogP) is 2.97. The van der Waals surface area contributed by atoms with Crippen molar-refractivity contribution in [2.75, 3.05) is 0 Å². The Morgan fingerprint density at radius 1 is 1.40 bits per heavy atom. The first-order valence-electron chi connectivity index (χ1n) is 6.14. The van der Waals surface area contributed by atoms with Crippen molar-refractivity contribution >= 4 is 21.9 Å². The average Bonchev–Trinajstić information content (AvgIpc) is 2.86. The van der Waals surface area contributed by atoms with Crippen LogP contribution in [0.1, 0.15) is 25.0 Å². The van der Waals surface area contributed by atoms with Crippen LogP contribution in [0.15, 0.2) is 28.9 Å². The Kier molecular flexibility index (Phi) is 4.84. The van der Waals surface area contributed by atoms with E-state index in [1.165, 1.54) is 6.07 Å². The minimum atomic E-state index is -0.787. The highest BCUT2D eigenvalue weighted by atomic mass is 79.9. The maximum atomic E-state index is 13.2. The van der Waals surface area contributed by atoms with Crippen LogP contribution < -0.4 is 0 Å². The van der Waals surface area contributed by atoms with Crippen LogP contribution in [0.2, 0.25) is 0 Å². The number of unbranched alkanes of at least 4 members (excludes halogenated alkanes) is 1. The van der Waals surface area contributed by atoms with Crippen LogP contribution in [0.5, 0.6) is 0 Å². The number of hydrogen-bond acceptors (Lipinski definition) is 3. The molecule has 0 radical (unpaired) electrons. The summed E-state index contributed by atoms with van der Waals surface area (Å²) in [6, 6.07) is 4.59. The van der Waals surface area contributed by atoms with E-state index in [0.717, 1.165) is 12.1 Å². The smallest absolute Gasteiger partial charge is 0.303 e. The van der Waals surface area contributed by atoms with Crippen molar-refractivity contribution in [2.24, 2.45) is 0 Å². The lowest BCUT2D eigenvalue weighted by Crippen LogP contribution is -1.95. The highest BCUT2D eigenvalue weighted by Gasteiger charge is 2.06. The average molecular weight is 342 g/mol. The Balaban J connectivity index is 1.97. The van der Waals surface area contributed by atoms with Gasteiger partial charge in [-0.15, -0.1) is 5.10 Å². The van der Waals surface area contributed by atoms with Crippen LogP contribution in [0, 0.1) is 5.82 Å². The van der Waals surface area contributed by atoms with E-state index in [1.54, 1.807) is 23.0 Å². The number of aryl methyl sites for hydroxylation is 1. The number of aliphatic carboxylic acids is 1. The molecule has 2 aromatic rings. The van der Waals surface area contributed by atoms with Gasteiger partial charge in [-0.3, -0.25) is 4.79 Å². The maximum absolute atomic E-state index is 13.2. The molecule has 1 N–H and O–H groups in total. The molecule has 1 aromatic carbocycles. The lowest BCUT2D eigenvalue weighted by molar-refractivity contribution is -0.137. The van der Waals surface area contributed by atoms with E-state index in [9.17, 15) is 9.18 Å². The van der Waals surface area contributed by atoms with Crippen LogP contribution in [-0.4, -0.2) is 26.1 Å². The fourth-order valence-electron chi connectivity index (χ4n) is 1.75. The first-order chi connectivity index (χ1) is 9.56. The summed E-state index contributed by atoms with van der Waals surface area (Å²) in [7, 11) is 0. The molecular formula is C13H13BrFN3O2. The van der Waals surface area contributed by atoms with Crippen molar-refractivity contribution in [3.63, 3.8) is 0 Å².